The molecule has 0 spiro atoms. The van der Waals surface area contributed by atoms with Crippen molar-refractivity contribution < 1.29 is 9.72 Å². The second-order valence-electron chi connectivity index (χ2n) is 5.45. The predicted octanol–water partition coefficient (Wildman–Crippen LogP) is 1.82. The second kappa shape index (κ2) is 6.49. The van der Waals surface area contributed by atoms with Gasteiger partial charge in [0.2, 0.25) is 5.95 Å². The summed E-state index contributed by atoms with van der Waals surface area (Å²) in [6, 6.07) is 4.09. The van der Waals surface area contributed by atoms with E-state index in [2.05, 4.69) is 20.2 Å². The van der Waals surface area contributed by atoms with E-state index in [9.17, 15) is 14.9 Å². The molecule has 24 heavy (non-hydrogen) atoms. The maximum absolute atomic E-state index is 12.2. The standard InChI is InChI=1S/C15H16N6O3/c16-12-4-3-11(7-13(12)21(23)24)19-14(22)10-8-17-15(18-9-10)20-5-1-2-6-20/h3-4,7-9H,1-2,5-6,16H2,(H,19,22). The van der Waals surface area contributed by atoms with Gasteiger partial charge < -0.3 is 16.0 Å². The van der Waals surface area contributed by atoms with Gasteiger partial charge in [-0.25, -0.2) is 9.97 Å². The van der Waals surface area contributed by atoms with E-state index in [0.29, 0.717) is 5.95 Å². The van der Waals surface area contributed by atoms with Gasteiger partial charge in [0, 0.05) is 37.2 Å². The minimum absolute atomic E-state index is 0.0382. The maximum Gasteiger partial charge on any atom is 0.294 e. The topological polar surface area (TPSA) is 127 Å². The first kappa shape index (κ1) is 15.7. The van der Waals surface area contributed by atoms with Gasteiger partial charge in [-0.1, -0.05) is 0 Å². The lowest BCUT2D eigenvalue weighted by atomic mass is 10.2. The summed E-state index contributed by atoms with van der Waals surface area (Å²) in [6.45, 7) is 1.83. The van der Waals surface area contributed by atoms with E-state index >= 15 is 0 Å². The number of amides is 1. The molecule has 1 aromatic carbocycles. The summed E-state index contributed by atoms with van der Waals surface area (Å²) in [5, 5.41) is 13.5. The number of nitrogens with zero attached hydrogens (tertiary/aromatic N) is 4. The molecule has 124 valence electrons. The number of aromatic nitrogens is 2. The Hall–Kier alpha value is -3.23. The zero-order valence-corrected chi connectivity index (χ0v) is 12.8. The first-order valence-corrected chi connectivity index (χ1v) is 7.47. The number of anilines is 3. The molecule has 1 amide bonds. The summed E-state index contributed by atoms with van der Waals surface area (Å²) in [5.41, 5.74) is 5.87. The van der Waals surface area contributed by atoms with Crippen LogP contribution in [0.3, 0.4) is 0 Å². The van der Waals surface area contributed by atoms with Crippen LogP contribution in [0.1, 0.15) is 23.2 Å². The zero-order chi connectivity index (χ0) is 17.1. The lowest BCUT2D eigenvalue weighted by Gasteiger charge is -2.14. The van der Waals surface area contributed by atoms with Crippen LogP contribution in [0, 0.1) is 10.1 Å². The van der Waals surface area contributed by atoms with Crippen LogP contribution in [-0.2, 0) is 0 Å². The number of rotatable bonds is 4. The Morgan fingerprint density at radius 2 is 1.92 bits per heavy atom. The molecule has 0 radical (unpaired) electrons. The van der Waals surface area contributed by atoms with Crippen LogP contribution in [0.15, 0.2) is 30.6 Å². The van der Waals surface area contributed by atoms with Crippen LogP contribution in [0.25, 0.3) is 0 Å². The van der Waals surface area contributed by atoms with E-state index in [0.717, 1.165) is 25.9 Å². The van der Waals surface area contributed by atoms with Gasteiger partial charge in [0.15, 0.2) is 0 Å². The molecule has 0 unspecified atom stereocenters. The fourth-order valence-electron chi connectivity index (χ4n) is 2.50. The summed E-state index contributed by atoms with van der Waals surface area (Å²) >= 11 is 0. The minimum Gasteiger partial charge on any atom is -0.393 e. The molecular weight excluding hydrogens is 312 g/mol. The molecule has 3 rings (SSSR count). The summed E-state index contributed by atoms with van der Waals surface area (Å²) in [4.78, 5) is 33.0. The molecule has 2 heterocycles. The van der Waals surface area contributed by atoms with E-state index in [-0.39, 0.29) is 22.6 Å². The molecule has 9 heteroatoms. The number of nitro groups is 1. The number of hydrogen-bond donors (Lipinski definition) is 2. The normalized spacial score (nSPS) is 13.8. The number of hydrogen-bond acceptors (Lipinski definition) is 7. The van der Waals surface area contributed by atoms with Crippen LogP contribution in [0.5, 0.6) is 0 Å². The predicted molar refractivity (Wildman–Crippen MR) is 88.9 cm³/mol. The molecule has 1 saturated heterocycles. The van der Waals surface area contributed by atoms with Gasteiger partial charge in [-0.3, -0.25) is 14.9 Å². The third kappa shape index (κ3) is 3.24. The van der Waals surface area contributed by atoms with Gasteiger partial charge in [-0.15, -0.1) is 0 Å². The Kier molecular flexibility index (Phi) is 4.23. The zero-order valence-electron chi connectivity index (χ0n) is 12.8. The first-order chi connectivity index (χ1) is 11.5. The number of nitro benzene ring substituents is 1. The van der Waals surface area contributed by atoms with E-state index in [4.69, 9.17) is 5.73 Å². The molecular formula is C15H16N6O3. The SMILES string of the molecule is Nc1ccc(NC(=O)c2cnc(N3CCCC3)nc2)cc1[N+](=O)[O-]. The Morgan fingerprint density at radius 3 is 2.54 bits per heavy atom. The van der Waals surface area contributed by atoms with Crippen molar-refractivity contribution in [3.05, 3.63) is 46.3 Å². The maximum atomic E-state index is 12.2. The summed E-state index contributed by atoms with van der Waals surface area (Å²) in [6.07, 6.45) is 5.12. The highest BCUT2D eigenvalue weighted by atomic mass is 16.6. The molecule has 2 aromatic rings. The number of benzene rings is 1. The van der Waals surface area contributed by atoms with Crippen molar-refractivity contribution in [2.24, 2.45) is 0 Å². The highest BCUT2D eigenvalue weighted by molar-refractivity contribution is 6.04. The molecule has 0 bridgehead atoms. The molecule has 1 fully saturated rings. The lowest BCUT2D eigenvalue weighted by molar-refractivity contribution is -0.383. The van der Waals surface area contributed by atoms with Gasteiger partial charge in [-0.05, 0) is 25.0 Å². The molecule has 1 aliphatic rings. The monoisotopic (exact) mass is 328 g/mol. The molecule has 9 nitrogen and oxygen atoms in total. The fourth-order valence-corrected chi connectivity index (χ4v) is 2.50. The smallest absolute Gasteiger partial charge is 0.294 e. The Morgan fingerprint density at radius 1 is 1.25 bits per heavy atom. The number of nitrogens with two attached hydrogens (primary N) is 1. The largest absolute Gasteiger partial charge is 0.393 e. The summed E-state index contributed by atoms with van der Waals surface area (Å²) in [5.74, 6) is 0.161. The summed E-state index contributed by atoms with van der Waals surface area (Å²) < 4.78 is 0. The summed E-state index contributed by atoms with van der Waals surface area (Å²) in [7, 11) is 0. The van der Waals surface area contributed by atoms with Crippen molar-refractivity contribution in [1.29, 1.82) is 0 Å². The third-order valence-corrected chi connectivity index (χ3v) is 3.77. The highest BCUT2D eigenvalue weighted by Gasteiger charge is 2.17. The van der Waals surface area contributed by atoms with Crippen molar-refractivity contribution in [3.63, 3.8) is 0 Å². The molecule has 0 aliphatic carbocycles. The number of carbonyl (C=O) groups excluding carboxylic acids is 1. The van der Waals surface area contributed by atoms with Crippen molar-refractivity contribution in [2.75, 3.05) is 29.0 Å². The van der Waals surface area contributed by atoms with E-state index in [1.54, 1.807) is 0 Å². The molecule has 0 saturated carbocycles. The van der Waals surface area contributed by atoms with Gasteiger partial charge in [0.25, 0.3) is 11.6 Å². The van der Waals surface area contributed by atoms with E-state index in [1.807, 2.05) is 0 Å². The van der Waals surface area contributed by atoms with E-state index in [1.165, 1.54) is 30.6 Å². The second-order valence-corrected chi connectivity index (χ2v) is 5.45. The highest BCUT2D eigenvalue weighted by Crippen LogP contribution is 2.25. The van der Waals surface area contributed by atoms with Crippen LogP contribution >= 0.6 is 0 Å². The van der Waals surface area contributed by atoms with Crippen LogP contribution < -0.4 is 16.0 Å². The fraction of sp³-hybridized carbons (Fsp3) is 0.267. The average molecular weight is 328 g/mol. The molecule has 0 atom stereocenters. The molecule has 3 N–H and O–H groups in total. The third-order valence-electron chi connectivity index (χ3n) is 3.77. The van der Waals surface area contributed by atoms with Gasteiger partial charge in [0.05, 0.1) is 10.5 Å². The number of nitrogens with one attached hydrogen (secondary N) is 1. The van der Waals surface area contributed by atoms with Crippen LogP contribution in [-0.4, -0.2) is 33.9 Å². The lowest BCUT2D eigenvalue weighted by Crippen LogP contribution is -2.21. The van der Waals surface area contributed by atoms with Gasteiger partial charge in [0.1, 0.15) is 5.69 Å². The quantitative estimate of drug-likeness (QED) is 0.497. The molecule has 1 aliphatic heterocycles. The van der Waals surface area contributed by atoms with Crippen molar-refractivity contribution in [2.45, 2.75) is 12.8 Å². The van der Waals surface area contributed by atoms with Crippen LogP contribution in [0.2, 0.25) is 0 Å². The Balaban J connectivity index is 1.72. The molecule has 1 aromatic heterocycles. The van der Waals surface area contributed by atoms with Crippen molar-refractivity contribution in [3.8, 4) is 0 Å². The van der Waals surface area contributed by atoms with Crippen molar-refractivity contribution >= 4 is 28.9 Å². The number of nitrogen functional groups attached to an aromatic ring is 1. The average Bonchev–Trinajstić information content (AvgIpc) is 3.11. The Bertz CT molecular complexity index is 771. The van der Waals surface area contributed by atoms with Gasteiger partial charge >= 0.3 is 0 Å². The minimum atomic E-state index is -0.598. The van der Waals surface area contributed by atoms with Gasteiger partial charge in [-0.2, -0.15) is 0 Å². The Labute approximate surface area is 137 Å². The number of carbonyl (C=O) groups is 1. The van der Waals surface area contributed by atoms with Crippen molar-refractivity contribution in [1.82, 2.24) is 9.97 Å². The van der Waals surface area contributed by atoms with E-state index < -0.39 is 10.8 Å². The first-order valence-electron chi connectivity index (χ1n) is 7.47. The van der Waals surface area contributed by atoms with Crippen LogP contribution in [0.4, 0.5) is 23.0 Å².